The van der Waals surface area contributed by atoms with Gasteiger partial charge in [-0.05, 0) is 25.3 Å². The van der Waals surface area contributed by atoms with E-state index in [1.807, 2.05) is 6.92 Å². The molecule has 0 unspecified atom stereocenters. The van der Waals surface area contributed by atoms with Crippen LogP contribution < -0.4 is 4.90 Å². The lowest BCUT2D eigenvalue weighted by molar-refractivity contribution is -0.130. The van der Waals surface area contributed by atoms with Gasteiger partial charge in [0.25, 0.3) is 6.54 Å². The molecule has 1 N–H and O–H groups in total. The molecule has 7 heteroatoms. The van der Waals surface area contributed by atoms with E-state index < -0.39 is 13.0 Å². The van der Waals surface area contributed by atoms with Crippen molar-refractivity contribution in [2.75, 3.05) is 31.5 Å². The predicted molar refractivity (Wildman–Crippen MR) is 92.6 cm³/mol. The number of likely N-dealkylation sites (tertiary alicyclic amines) is 1. The number of nitrogens with zero attached hydrogens (tertiary/aromatic N) is 5. The zero-order chi connectivity index (χ0) is 21.5. The SMILES string of the molecule is [2H]c1nc(N([C@H]2CN(C(=O)C[N+]#[C-])CC[C@H]2C)C([2H])([2H])[2H])c2c([2H])c(C)[nH]c2n1. The molecule has 0 spiro atoms. The van der Waals surface area contributed by atoms with Gasteiger partial charge in [0.2, 0.25) is 0 Å². The minimum Gasteiger partial charge on any atom is -0.354 e. The first kappa shape index (κ1) is 11.0. The number of aryl methyl sites for hydroxylation is 1. The van der Waals surface area contributed by atoms with Crippen LogP contribution in [-0.4, -0.2) is 58.4 Å². The summed E-state index contributed by atoms with van der Waals surface area (Å²) in [4.78, 5) is 29.0. The Hall–Kier alpha value is -2.62. The number of carbonyl (C=O) groups excluding carboxylic acids is 1. The van der Waals surface area contributed by atoms with E-state index in [-0.39, 0.29) is 54.1 Å². The highest BCUT2D eigenvalue weighted by Gasteiger charge is 2.33. The van der Waals surface area contributed by atoms with Gasteiger partial charge in [-0.1, -0.05) is 6.92 Å². The van der Waals surface area contributed by atoms with Crippen LogP contribution in [-0.2, 0) is 4.79 Å². The molecule has 24 heavy (non-hydrogen) atoms. The monoisotopic (exact) mass is 331 g/mol. The molecular formula is C17H22N6O. The van der Waals surface area contributed by atoms with Crippen molar-refractivity contribution >= 4 is 22.8 Å². The van der Waals surface area contributed by atoms with Crippen molar-refractivity contribution in [3.05, 3.63) is 29.5 Å². The molecule has 0 aromatic carbocycles. The summed E-state index contributed by atoms with van der Waals surface area (Å²) in [6.07, 6.45) is 0.218. The minimum atomic E-state index is -2.61. The molecule has 1 amide bonds. The Bertz CT molecular complexity index is 981. The number of anilines is 1. The third kappa shape index (κ3) is 2.92. The van der Waals surface area contributed by atoms with Gasteiger partial charge in [-0.25, -0.2) is 16.5 Å². The summed E-state index contributed by atoms with van der Waals surface area (Å²) < 4.78 is 40.7. The highest BCUT2D eigenvalue weighted by molar-refractivity contribution is 5.88. The van der Waals surface area contributed by atoms with Crippen molar-refractivity contribution < 1.29 is 11.6 Å². The first-order chi connectivity index (χ1) is 13.5. The van der Waals surface area contributed by atoms with E-state index in [1.54, 1.807) is 6.92 Å². The van der Waals surface area contributed by atoms with Crippen molar-refractivity contribution in [2.24, 2.45) is 5.92 Å². The molecule has 0 bridgehead atoms. The maximum Gasteiger partial charge on any atom is 0.302 e. The summed E-state index contributed by atoms with van der Waals surface area (Å²) in [5.41, 5.74) is 0.735. The Morgan fingerprint density at radius 1 is 1.67 bits per heavy atom. The zero-order valence-electron chi connectivity index (χ0n) is 18.6. The molecule has 126 valence electrons. The van der Waals surface area contributed by atoms with E-state index in [1.165, 1.54) is 4.90 Å². The zero-order valence-corrected chi connectivity index (χ0v) is 13.6. The topological polar surface area (TPSA) is 69.5 Å². The first-order valence-electron chi connectivity index (χ1n) is 10.3. The quantitative estimate of drug-likeness (QED) is 0.872. The summed E-state index contributed by atoms with van der Waals surface area (Å²) >= 11 is 0. The maximum atomic E-state index is 12.2. The normalized spacial score (nSPS) is 24.4. The number of rotatable bonds is 3. The molecule has 0 radical (unpaired) electrons. The van der Waals surface area contributed by atoms with Gasteiger partial charge < -0.3 is 19.6 Å². The van der Waals surface area contributed by atoms with E-state index in [0.29, 0.717) is 18.7 Å². The summed E-state index contributed by atoms with van der Waals surface area (Å²) in [7, 11) is 0. The van der Waals surface area contributed by atoms with Crippen LogP contribution in [0.15, 0.2) is 12.3 Å². The number of H-pyrrole nitrogens is 1. The Morgan fingerprint density at radius 3 is 3.25 bits per heavy atom. The Kier molecular flexibility index (Phi) is 2.97. The molecule has 2 aromatic rings. The molecule has 0 aliphatic carbocycles. The summed E-state index contributed by atoms with van der Waals surface area (Å²) in [6, 6.07) is -0.535. The molecule has 2 atom stereocenters. The second kappa shape index (κ2) is 6.48. The summed E-state index contributed by atoms with van der Waals surface area (Å²) in [5.74, 6) is -0.429. The predicted octanol–water partition coefficient (Wildman–Crippen LogP) is 1.86. The van der Waals surface area contributed by atoms with Crippen molar-refractivity contribution in [1.82, 2.24) is 19.9 Å². The number of carbonyl (C=O) groups is 1. The summed E-state index contributed by atoms with van der Waals surface area (Å²) in [5, 5.41) is 0.242. The van der Waals surface area contributed by atoms with Crippen LogP contribution in [0.4, 0.5) is 5.82 Å². The van der Waals surface area contributed by atoms with Gasteiger partial charge in [0.1, 0.15) is 19.1 Å². The second-order valence-electron chi connectivity index (χ2n) is 6.11. The second-order valence-corrected chi connectivity index (χ2v) is 6.11. The average Bonchev–Trinajstić information content (AvgIpc) is 2.89. The molecule has 0 saturated carbocycles. The number of likely N-dealkylation sites (N-methyl/N-ethyl adjacent to an activating group) is 1. The molecule has 7 nitrogen and oxygen atoms in total. The first-order valence-corrected chi connectivity index (χ1v) is 7.78. The van der Waals surface area contributed by atoms with Crippen LogP contribution in [0.5, 0.6) is 0 Å². The van der Waals surface area contributed by atoms with Gasteiger partial charge in [0.15, 0.2) is 0 Å². The fourth-order valence-electron chi connectivity index (χ4n) is 3.05. The molecule has 1 aliphatic rings. The number of piperidine rings is 1. The lowest BCUT2D eigenvalue weighted by Crippen LogP contribution is -2.53. The van der Waals surface area contributed by atoms with Crippen LogP contribution in [0.3, 0.4) is 0 Å². The Morgan fingerprint density at radius 2 is 2.50 bits per heavy atom. The minimum absolute atomic E-state index is 0.00863. The van der Waals surface area contributed by atoms with Crippen molar-refractivity contribution in [3.63, 3.8) is 0 Å². The highest BCUT2D eigenvalue weighted by Crippen LogP contribution is 2.29. The number of aromatic nitrogens is 3. The Labute approximate surface area is 148 Å². The van der Waals surface area contributed by atoms with Crippen molar-refractivity contribution in [3.8, 4) is 0 Å². The van der Waals surface area contributed by atoms with Gasteiger partial charge in [0, 0.05) is 29.9 Å². The van der Waals surface area contributed by atoms with Crippen LogP contribution in [0, 0.1) is 19.4 Å². The number of hydrogen-bond donors (Lipinski definition) is 1. The molecule has 1 fully saturated rings. The molecular weight excluding hydrogens is 304 g/mol. The van der Waals surface area contributed by atoms with Gasteiger partial charge >= 0.3 is 5.91 Å². The molecule has 1 saturated heterocycles. The van der Waals surface area contributed by atoms with E-state index >= 15 is 0 Å². The largest absolute Gasteiger partial charge is 0.354 e. The standard InChI is InChI=1S/C17H22N6O/c1-11-5-6-23(15(24)8-18-3)9-14(11)22(4)17-13-7-12(2)21-16(13)19-10-20-17/h7,10-11,14H,5-6,8-9H2,1-2,4H3,(H,19,20,21)/t11-,14+/m1/s1/i4D3,7D,10D. The van der Waals surface area contributed by atoms with E-state index in [4.69, 9.17) is 13.4 Å². The molecule has 1 aliphatic heterocycles. The fourth-order valence-corrected chi connectivity index (χ4v) is 3.05. The van der Waals surface area contributed by atoms with Crippen LogP contribution in [0.1, 0.15) is 25.9 Å². The van der Waals surface area contributed by atoms with Gasteiger partial charge in [-0.2, -0.15) is 0 Å². The number of amides is 1. The molecule has 3 heterocycles. The van der Waals surface area contributed by atoms with E-state index in [9.17, 15) is 4.79 Å². The van der Waals surface area contributed by atoms with Gasteiger partial charge in [0.05, 0.1) is 12.8 Å². The highest BCUT2D eigenvalue weighted by atomic mass is 16.2. The van der Waals surface area contributed by atoms with Gasteiger partial charge in [-0.15, -0.1) is 0 Å². The molecule has 3 rings (SSSR count). The number of hydrogen-bond acceptors (Lipinski definition) is 4. The summed E-state index contributed by atoms with van der Waals surface area (Å²) in [6.45, 7) is 8.18. The lowest BCUT2D eigenvalue weighted by Gasteiger charge is -2.41. The number of aromatic amines is 1. The fraction of sp³-hybridized carbons (Fsp3) is 0.529. The van der Waals surface area contributed by atoms with Crippen molar-refractivity contribution in [1.29, 1.82) is 0 Å². The third-order valence-electron chi connectivity index (χ3n) is 4.44. The van der Waals surface area contributed by atoms with Crippen LogP contribution in [0.2, 0.25) is 0 Å². The average molecular weight is 331 g/mol. The van der Waals surface area contributed by atoms with Crippen LogP contribution in [0.25, 0.3) is 15.9 Å². The number of nitrogens with one attached hydrogen (secondary N) is 1. The third-order valence-corrected chi connectivity index (χ3v) is 4.44. The number of fused-ring (bicyclic) bond motifs is 1. The maximum absolute atomic E-state index is 12.2. The van der Waals surface area contributed by atoms with Gasteiger partial charge in [-0.3, -0.25) is 4.79 Å². The van der Waals surface area contributed by atoms with Crippen LogP contribution >= 0.6 is 0 Å². The lowest BCUT2D eigenvalue weighted by atomic mass is 9.92. The van der Waals surface area contributed by atoms with E-state index in [2.05, 4.69) is 19.8 Å². The molecule has 2 aromatic heterocycles. The van der Waals surface area contributed by atoms with Crippen molar-refractivity contribution in [2.45, 2.75) is 26.3 Å². The smallest absolute Gasteiger partial charge is 0.302 e. The van der Waals surface area contributed by atoms with E-state index in [0.717, 1.165) is 4.90 Å². The Balaban J connectivity index is 2.14.